The Morgan fingerprint density at radius 1 is 1.21 bits per heavy atom. The van der Waals surface area contributed by atoms with Crippen molar-refractivity contribution in [3.8, 4) is 0 Å². The molecule has 0 aliphatic carbocycles. The third-order valence-electron chi connectivity index (χ3n) is 3.94. The summed E-state index contributed by atoms with van der Waals surface area (Å²) in [6, 6.07) is 13.0. The lowest BCUT2D eigenvalue weighted by Crippen LogP contribution is -2.24. The fourth-order valence-corrected chi connectivity index (χ4v) is 3.07. The molecular formula is C19H17BrN2O2. The highest BCUT2D eigenvalue weighted by molar-refractivity contribution is 9.10. The normalized spacial score (nSPS) is 10.8. The number of halogens is 1. The minimum absolute atomic E-state index is 0.144. The molecule has 1 N–H and O–H groups in total. The second-order valence-corrected chi connectivity index (χ2v) is 6.47. The van der Waals surface area contributed by atoms with Gasteiger partial charge >= 0.3 is 0 Å². The average Bonchev–Trinajstić information content (AvgIpc) is 2.57. The maximum Gasteiger partial charge on any atom is 0.261 e. The highest BCUT2D eigenvalue weighted by Gasteiger charge is 2.16. The summed E-state index contributed by atoms with van der Waals surface area (Å²) in [5.74, 6) is -0.405. The van der Waals surface area contributed by atoms with Gasteiger partial charge in [0.1, 0.15) is 5.56 Å². The molecule has 0 radical (unpaired) electrons. The summed E-state index contributed by atoms with van der Waals surface area (Å²) in [6.07, 6.45) is 1.63. The number of pyridine rings is 1. The van der Waals surface area contributed by atoms with Crippen molar-refractivity contribution in [3.63, 3.8) is 0 Å². The molecule has 0 aliphatic rings. The number of para-hydroxylation sites is 1. The molecule has 3 aromatic rings. The minimum Gasteiger partial charge on any atom is -0.347 e. The first-order valence-electron chi connectivity index (χ1n) is 7.71. The van der Waals surface area contributed by atoms with Crippen molar-refractivity contribution in [3.05, 3.63) is 74.5 Å². The summed E-state index contributed by atoms with van der Waals surface area (Å²) < 4.78 is 2.69. The van der Waals surface area contributed by atoms with Crippen molar-refractivity contribution >= 4 is 38.4 Å². The fourth-order valence-electron chi connectivity index (χ4n) is 2.69. The summed E-state index contributed by atoms with van der Waals surface area (Å²) >= 11 is 3.40. The summed E-state index contributed by atoms with van der Waals surface area (Å²) in [5, 5.41) is 3.37. The number of benzene rings is 2. The first-order valence-corrected chi connectivity index (χ1v) is 8.50. The van der Waals surface area contributed by atoms with E-state index in [0.717, 1.165) is 15.6 Å². The molecule has 122 valence electrons. The monoisotopic (exact) mass is 384 g/mol. The molecule has 0 unspecified atom stereocenters. The molecule has 0 saturated heterocycles. The van der Waals surface area contributed by atoms with Crippen molar-refractivity contribution in [1.29, 1.82) is 0 Å². The van der Waals surface area contributed by atoms with Crippen LogP contribution in [-0.4, -0.2) is 10.5 Å². The Balaban J connectivity index is 2.12. The van der Waals surface area contributed by atoms with Gasteiger partial charge in [-0.25, -0.2) is 0 Å². The van der Waals surface area contributed by atoms with Gasteiger partial charge in [0, 0.05) is 22.6 Å². The van der Waals surface area contributed by atoms with Crippen LogP contribution in [0.2, 0.25) is 0 Å². The number of nitrogens with one attached hydrogen (secondary N) is 1. The summed E-state index contributed by atoms with van der Waals surface area (Å²) in [7, 11) is 0. The van der Waals surface area contributed by atoms with Gasteiger partial charge < -0.3 is 9.88 Å². The highest BCUT2D eigenvalue weighted by atomic mass is 79.9. The third-order valence-corrected chi connectivity index (χ3v) is 4.63. The van der Waals surface area contributed by atoms with Crippen molar-refractivity contribution < 1.29 is 4.79 Å². The summed E-state index contributed by atoms with van der Waals surface area (Å²) in [4.78, 5) is 25.4. The smallest absolute Gasteiger partial charge is 0.261 e. The topological polar surface area (TPSA) is 51.1 Å². The number of hydrogen-bond donors (Lipinski definition) is 1. The Kier molecular flexibility index (Phi) is 4.53. The van der Waals surface area contributed by atoms with Crippen LogP contribution in [0.25, 0.3) is 10.9 Å². The maximum atomic E-state index is 12.8. The first-order chi connectivity index (χ1) is 11.5. The van der Waals surface area contributed by atoms with Gasteiger partial charge in [-0.1, -0.05) is 23.8 Å². The fraction of sp³-hybridized carbons (Fsp3) is 0.158. The second kappa shape index (κ2) is 6.61. The molecule has 0 fully saturated rings. The number of carbonyl (C=O) groups is 1. The Morgan fingerprint density at radius 2 is 1.96 bits per heavy atom. The van der Waals surface area contributed by atoms with Crippen molar-refractivity contribution in [1.82, 2.24) is 4.57 Å². The van der Waals surface area contributed by atoms with Crippen LogP contribution in [-0.2, 0) is 6.54 Å². The van der Waals surface area contributed by atoms with E-state index in [2.05, 4.69) is 21.2 Å². The molecule has 4 nitrogen and oxygen atoms in total. The molecule has 24 heavy (non-hydrogen) atoms. The zero-order chi connectivity index (χ0) is 17.3. The van der Waals surface area contributed by atoms with Gasteiger partial charge in [-0.05, 0) is 54.0 Å². The SMILES string of the molecule is CCn1cc(C(=O)Nc2ccccc2Br)c(=O)c2cc(C)ccc21. The van der Waals surface area contributed by atoms with Crippen LogP contribution in [0, 0.1) is 6.92 Å². The van der Waals surface area contributed by atoms with Gasteiger partial charge in [0.05, 0.1) is 11.2 Å². The average molecular weight is 385 g/mol. The number of aryl methyl sites for hydroxylation is 2. The molecule has 1 heterocycles. The number of fused-ring (bicyclic) bond motifs is 1. The Bertz CT molecular complexity index is 992. The molecule has 2 aromatic carbocycles. The molecule has 5 heteroatoms. The predicted octanol–water partition coefficient (Wildman–Crippen LogP) is 4.34. The lowest BCUT2D eigenvalue weighted by Gasteiger charge is -2.13. The summed E-state index contributed by atoms with van der Waals surface area (Å²) in [6.45, 7) is 4.59. The number of carbonyl (C=O) groups excluding carboxylic acids is 1. The number of anilines is 1. The molecule has 3 rings (SSSR count). The zero-order valence-corrected chi connectivity index (χ0v) is 15.1. The van der Waals surface area contributed by atoms with E-state index < -0.39 is 5.91 Å². The Labute approximate surface area is 148 Å². The predicted molar refractivity (Wildman–Crippen MR) is 101 cm³/mol. The van der Waals surface area contributed by atoms with Crippen LogP contribution < -0.4 is 10.7 Å². The lowest BCUT2D eigenvalue weighted by molar-refractivity contribution is 0.102. The van der Waals surface area contributed by atoms with Crippen molar-refractivity contribution in [2.45, 2.75) is 20.4 Å². The van der Waals surface area contributed by atoms with Crippen LogP contribution in [0.1, 0.15) is 22.8 Å². The van der Waals surface area contributed by atoms with Crippen LogP contribution >= 0.6 is 15.9 Å². The number of amides is 1. The molecule has 0 aliphatic heterocycles. The van der Waals surface area contributed by atoms with E-state index in [-0.39, 0.29) is 11.0 Å². The van der Waals surface area contributed by atoms with Crippen LogP contribution in [0.3, 0.4) is 0 Å². The molecule has 1 aromatic heterocycles. The molecular weight excluding hydrogens is 368 g/mol. The quantitative estimate of drug-likeness (QED) is 0.729. The molecule has 0 bridgehead atoms. The number of aromatic nitrogens is 1. The van der Waals surface area contributed by atoms with E-state index in [1.807, 2.05) is 54.8 Å². The van der Waals surface area contributed by atoms with Crippen molar-refractivity contribution in [2.24, 2.45) is 0 Å². The third kappa shape index (κ3) is 2.99. The zero-order valence-electron chi connectivity index (χ0n) is 13.5. The second-order valence-electron chi connectivity index (χ2n) is 5.61. The van der Waals surface area contributed by atoms with Crippen LogP contribution in [0.4, 0.5) is 5.69 Å². The van der Waals surface area contributed by atoms with Gasteiger partial charge in [0.15, 0.2) is 0 Å². The summed E-state index contributed by atoms with van der Waals surface area (Å²) in [5.41, 5.74) is 2.36. The van der Waals surface area contributed by atoms with Gasteiger partial charge in [0.2, 0.25) is 5.43 Å². The number of hydrogen-bond acceptors (Lipinski definition) is 2. The standard InChI is InChI=1S/C19H17BrN2O2/c1-3-22-11-14(18(23)13-10-12(2)8-9-17(13)22)19(24)21-16-7-5-4-6-15(16)20/h4-11H,3H2,1-2H3,(H,21,24). The van der Waals surface area contributed by atoms with Gasteiger partial charge in [-0.3, -0.25) is 9.59 Å². The van der Waals surface area contributed by atoms with E-state index >= 15 is 0 Å². The molecule has 0 spiro atoms. The van der Waals surface area contributed by atoms with Gasteiger partial charge in [0.25, 0.3) is 5.91 Å². The molecule has 0 saturated carbocycles. The van der Waals surface area contributed by atoms with E-state index in [4.69, 9.17) is 0 Å². The van der Waals surface area contributed by atoms with Gasteiger partial charge in [-0.2, -0.15) is 0 Å². The van der Waals surface area contributed by atoms with Gasteiger partial charge in [-0.15, -0.1) is 0 Å². The largest absolute Gasteiger partial charge is 0.347 e. The van der Waals surface area contributed by atoms with E-state index in [0.29, 0.717) is 17.6 Å². The highest BCUT2D eigenvalue weighted by Crippen LogP contribution is 2.22. The molecule has 0 atom stereocenters. The van der Waals surface area contributed by atoms with E-state index in [1.54, 1.807) is 12.3 Å². The number of rotatable bonds is 3. The van der Waals surface area contributed by atoms with E-state index in [9.17, 15) is 9.59 Å². The maximum absolute atomic E-state index is 12.8. The Hall–Kier alpha value is -2.40. The van der Waals surface area contributed by atoms with E-state index in [1.165, 1.54) is 0 Å². The lowest BCUT2D eigenvalue weighted by atomic mass is 10.1. The number of nitrogens with zero attached hydrogens (tertiary/aromatic N) is 1. The first kappa shape index (κ1) is 16.5. The van der Waals surface area contributed by atoms with Crippen LogP contribution in [0.15, 0.2) is 57.9 Å². The Morgan fingerprint density at radius 3 is 2.67 bits per heavy atom. The molecule has 1 amide bonds. The minimum atomic E-state index is -0.405. The van der Waals surface area contributed by atoms with Crippen LogP contribution in [0.5, 0.6) is 0 Å². The van der Waals surface area contributed by atoms with Crippen molar-refractivity contribution in [2.75, 3.05) is 5.32 Å².